The molecule has 0 N–H and O–H groups in total. The Morgan fingerprint density at radius 3 is 1.24 bits per heavy atom. The zero-order valence-electron chi connectivity index (χ0n) is 21.6. The molecule has 0 aromatic rings. The standard InChI is InChI=1S/C24H55N3OSi/c1-10-17-25(5)20-14-24(15-21-26(6)18-11-2,16-22-27(7)19-12-3)23-29(8,9)28-13-4/h10-23H2,1-9H3. The summed E-state index contributed by atoms with van der Waals surface area (Å²) in [6.07, 6.45) is 7.61. The molecule has 0 saturated heterocycles. The van der Waals surface area contributed by atoms with Gasteiger partial charge in [0.05, 0.1) is 0 Å². The van der Waals surface area contributed by atoms with Gasteiger partial charge in [0.1, 0.15) is 0 Å². The zero-order chi connectivity index (χ0) is 22.3. The van der Waals surface area contributed by atoms with Crippen molar-refractivity contribution in [1.82, 2.24) is 14.7 Å². The van der Waals surface area contributed by atoms with Crippen LogP contribution in [0.15, 0.2) is 0 Å². The summed E-state index contributed by atoms with van der Waals surface area (Å²) in [6, 6.07) is 1.29. The molecule has 176 valence electrons. The Morgan fingerprint density at radius 2 is 0.966 bits per heavy atom. The normalized spacial score (nSPS) is 13.2. The average molecular weight is 430 g/mol. The molecule has 0 aliphatic heterocycles. The Bertz CT molecular complexity index is 352. The molecular weight excluding hydrogens is 374 g/mol. The molecule has 0 aliphatic carbocycles. The number of hydrogen-bond donors (Lipinski definition) is 0. The summed E-state index contributed by atoms with van der Waals surface area (Å²) in [5, 5.41) is 0. The summed E-state index contributed by atoms with van der Waals surface area (Å²) in [4.78, 5) is 7.61. The quantitative estimate of drug-likeness (QED) is 0.255. The van der Waals surface area contributed by atoms with Gasteiger partial charge in [-0.05, 0) is 130 Å². The van der Waals surface area contributed by atoms with E-state index in [-0.39, 0.29) is 0 Å². The van der Waals surface area contributed by atoms with Crippen molar-refractivity contribution in [1.29, 1.82) is 0 Å². The second kappa shape index (κ2) is 15.8. The lowest BCUT2D eigenvalue weighted by Crippen LogP contribution is -2.43. The summed E-state index contributed by atoms with van der Waals surface area (Å²) < 4.78 is 6.35. The van der Waals surface area contributed by atoms with Crippen molar-refractivity contribution in [2.75, 3.05) is 67.0 Å². The van der Waals surface area contributed by atoms with Crippen LogP contribution in [-0.2, 0) is 4.43 Å². The van der Waals surface area contributed by atoms with E-state index in [2.05, 4.69) is 76.6 Å². The molecule has 0 radical (unpaired) electrons. The van der Waals surface area contributed by atoms with Gasteiger partial charge in [-0.3, -0.25) is 0 Å². The number of hydrogen-bond acceptors (Lipinski definition) is 4. The van der Waals surface area contributed by atoms with E-state index >= 15 is 0 Å². The van der Waals surface area contributed by atoms with Crippen LogP contribution in [0.1, 0.15) is 66.2 Å². The van der Waals surface area contributed by atoms with Gasteiger partial charge in [0.15, 0.2) is 8.32 Å². The lowest BCUT2D eigenvalue weighted by molar-refractivity contribution is 0.148. The molecule has 0 heterocycles. The first-order valence-electron chi connectivity index (χ1n) is 12.3. The van der Waals surface area contributed by atoms with Crippen molar-refractivity contribution in [3.63, 3.8) is 0 Å². The predicted octanol–water partition coefficient (Wildman–Crippen LogP) is 5.41. The molecule has 0 bridgehead atoms. The third-order valence-electron chi connectivity index (χ3n) is 6.22. The van der Waals surface area contributed by atoms with Crippen LogP contribution in [0.2, 0.25) is 19.1 Å². The first-order valence-corrected chi connectivity index (χ1v) is 15.4. The van der Waals surface area contributed by atoms with E-state index in [0.29, 0.717) is 5.41 Å². The van der Waals surface area contributed by atoms with Gasteiger partial charge in [0.2, 0.25) is 0 Å². The van der Waals surface area contributed by atoms with Crippen molar-refractivity contribution in [3.8, 4) is 0 Å². The van der Waals surface area contributed by atoms with E-state index in [0.717, 1.165) is 6.61 Å². The monoisotopic (exact) mass is 429 g/mol. The maximum Gasteiger partial charge on any atom is 0.187 e. The molecule has 0 rings (SSSR count). The molecule has 0 aromatic carbocycles. The molecule has 5 heteroatoms. The first kappa shape index (κ1) is 29.1. The highest BCUT2D eigenvalue weighted by molar-refractivity contribution is 6.71. The molecule has 0 unspecified atom stereocenters. The molecule has 0 aliphatic rings. The smallest absolute Gasteiger partial charge is 0.187 e. The van der Waals surface area contributed by atoms with Gasteiger partial charge >= 0.3 is 0 Å². The van der Waals surface area contributed by atoms with Gasteiger partial charge in [-0.25, -0.2) is 0 Å². The van der Waals surface area contributed by atoms with Crippen LogP contribution in [0.25, 0.3) is 0 Å². The SMILES string of the molecule is CCCN(C)CCC(CCN(C)CCC)(CCN(C)CCC)C[Si](C)(C)OCC. The maximum absolute atomic E-state index is 6.35. The minimum Gasteiger partial charge on any atom is -0.418 e. The van der Waals surface area contributed by atoms with Crippen LogP contribution in [-0.4, -0.2) is 90.0 Å². The van der Waals surface area contributed by atoms with Crippen LogP contribution in [0.4, 0.5) is 0 Å². The van der Waals surface area contributed by atoms with Gasteiger partial charge in [0, 0.05) is 6.61 Å². The predicted molar refractivity (Wildman–Crippen MR) is 134 cm³/mol. The highest BCUT2D eigenvalue weighted by Gasteiger charge is 2.38. The van der Waals surface area contributed by atoms with Crippen molar-refractivity contribution in [2.45, 2.75) is 85.4 Å². The Labute approximate surface area is 185 Å². The van der Waals surface area contributed by atoms with Crippen molar-refractivity contribution in [2.24, 2.45) is 5.41 Å². The van der Waals surface area contributed by atoms with Gasteiger partial charge in [-0.15, -0.1) is 0 Å². The Kier molecular flexibility index (Phi) is 15.8. The molecule has 0 spiro atoms. The summed E-state index contributed by atoms with van der Waals surface area (Å²) in [5.74, 6) is 0. The van der Waals surface area contributed by atoms with E-state index in [1.54, 1.807) is 0 Å². The fraction of sp³-hybridized carbons (Fsp3) is 1.00. The van der Waals surface area contributed by atoms with Crippen molar-refractivity contribution >= 4 is 8.32 Å². The number of rotatable bonds is 19. The van der Waals surface area contributed by atoms with E-state index in [1.807, 2.05) is 0 Å². The molecule has 0 fully saturated rings. The van der Waals surface area contributed by atoms with Crippen LogP contribution in [0.3, 0.4) is 0 Å². The molecule has 0 saturated carbocycles. The van der Waals surface area contributed by atoms with Crippen LogP contribution >= 0.6 is 0 Å². The van der Waals surface area contributed by atoms with Gasteiger partial charge in [0.25, 0.3) is 0 Å². The van der Waals surface area contributed by atoms with Gasteiger partial charge < -0.3 is 19.1 Å². The Morgan fingerprint density at radius 1 is 0.621 bits per heavy atom. The van der Waals surface area contributed by atoms with E-state index in [4.69, 9.17) is 4.43 Å². The molecule has 0 atom stereocenters. The molecule has 29 heavy (non-hydrogen) atoms. The summed E-state index contributed by atoms with van der Waals surface area (Å²) in [5.41, 5.74) is 0.386. The fourth-order valence-electron chi connectivity index (χ4n) is 4.75. The Hall–Kier alpha value is 0.0569. The van der Waals surface area contributed by atoms with Crippen LogP contribution in [0.5, 0.6) is 0 Å². The van der Waals surface area contributed by atoms with Crippen molar-refractivity contribution in [3.05, 3.63) is 0 Å². The second-order valence-electron chi connectivity index (χ2n) is 10.0. The summed E-state index contributed by atoms with van der Waals surface area (Å²) >= 11 is 0. The highest BCUT2D eigenvalue weighted by atomic mass is 28.4. The third kappa shape index (κ3) is 13.9. The number of nitrogens with zero attached hydrogens (tertiary/aromatic N) is 3. The van der Waals surface area contributed by atoms with Crippen LogP contribution < -0.4 is 0 Å². The van der Waals surface area contributed by atoms with E-state index in [9.17, 15) is 0 Å². The van der Waals surface area contributed by atoms with E-state index in [1.165, 1.54) is 83.8 Å². The van der Waals surface area contributed by atoms with Gasteiger partial charge in [-0.2, -0.15) is 0 Å². The largest absolute Gasteiger partial charge is 0.418 e. The molecule has 0 amide bonds. The maximum atomic E-state index is 6.35. The molecule has 4 nitrogen and oxygen atoms in total. The third-order valence-corrected chi connectivity index (χ3v) is 8.89. The highest BCUT2D eigenvalue weighted by Crippen LogP contribution is 2.40. The minimum absolute atomic E-state index is 0.386. The Balaban J connectivity index is 5.48. The molecular formula is C24H55N3OSi. The van der Waals surface area contributed by atoms with E-state index < -0.39 is 8.32 Å². The average Bonchev–Trinajstić information content (AvgIpc) is 2.63. The first-order chi connectivity index (χ1) is 13.6. The lowest BCUT2D eigenvalue weighted by atomic mass is 9.79. The minimum atomic E-state index is -1.67. The topological polar surface area (TPSA) is 19.0 Å². The molecule has 0 aromatic heterocycles. The fourth-order valence-corrected chi connectivity index (χ4v) is 7.97. The summed E-state index contributed by atoms with van der Waals surface area (Å²) in [7, 11) is 5.23. The lowest BCUT2D eigenvalue weighted by Gasteiger charge is -2.42. The second-order valence-corrected chi connectivity index (χ2v) is 14.2. The van der Waals surface area contributed by atoms with Crippen LogP contribution in [0, 0.1) is 5.41 Å². The summed E-state index contributed by atoms with van der Waals surface area (Å²) in [6.45, 7) is 22.0. The van der Waals surface area contributed by atoms with Gasteiger partial charge in [-0.1, -0.05) is 20.8 Å². The van der Waals surface area contributed by atoms with Crippen molar-refractivity contribution < 1.29 is 4.43 Å². The zero-order valence-corrected chi connectivity index (χ0v) is 22.6.